The van der Waals surface area contributed by atoms with Crippen molar-refractivity contribution in [2.24, 2.45) is 0 Å². The molecular formula is C58H36N2. The Balaban J connectivity index is 1.00. The van der Waals surface area contributed by atoms with Gasteiger partial charge in [-0.25, -0.2) is 4.98 Å². The summed E-state index contributed by atoms with van der Waals surface area (Å²) >= 11 is 0. The summed E-state index contributed by atoms with van der Waals surface area (Å²) in [6, 6.07) is 76.7. The zero-order valence-corrected chi connectivity index (χ0v) is 32.7. The van der Waals surface area contributed by atoms with Crippen LogP contribution >= 0.6 is 0 Å². The van der Waals surface area contributed by atoms with Crippen molar-refractivity contribution in [1.82, 2.24) is 9.97 Å². The van der Waals surface area contributed by atoms with Crippen molar-refractivity contribution in [3.05, 3.63) is 219 Å². The molecule has 0 spiro atoms. The van der Waals surface area contributed by atoms with Gasteiger partial charge in [-0.15, -0.1) is 0 Å². The summed E-state index contributed by atoms with van der Waals surface area (Å²) in [5, 5.41) is 15.1. The van der Waals surface area contributed by atoms with Crippen LogP contribution < -0.4 is 0 Å². The second-order valence-electron chi connectivity index (χ2n) is 15.6. The van der Waals surface area contributed by atoms with Crippen LogP contribution in [0.25, 0.3) is 121 Å². The van der Waals surface area contributed by atoms with E-state index in [1.54, 1.807) is 0 Å². The maximum Gasteiger partial charge on any atom is 0.0972 e. The molecular weight excluding hydrogens is 725 g/mol. The van der Waals surface area contributed by atoms with Gasteiger partial charge in [0.05, 0.1) is 23.3 Å². The summed E-state index contributed by atoms with van der Waals surface area (Å²) in [5.41, 5.74) is 10.5. The first-order valence-corrected chi connectivity index (χ1v) is 20.6. The summed E-state index contributed by atoms with van der Waals surface area (Å²) in [6.07, 6.45) is 1.92. The highest BCUT2D eigenvalue weighted by Crippen LogP contribution is 2.44. The third kappa shape index (κ3) is 5.42. The van der Waals surface area contributed by atoms with Crippen molar-refractivity contribution in [2.75, 3.05) is 0 Å². The van der Waals surface area contributed by atoms with Crippen LogP contribution in [0.3, 0.4) is 0 Å². The van der Waals surface area contributed by atoms with Gasteiger partial charge in [0.25, 0.3) is 0 Å². The Morgan fingerprint density at radius 1 is 0.267 bits per heavy atom. The van der Waals surface area contributed by atoms with Crippen molar-refractivity contribution in [3.63, 3.8) is 0 Å². The smallest absolute Gasteiger partial charge is 0.0972 e. The highest BCUT2D eigenvalue weighted by molar-refractivity contribution is 6.34. The molecule has 0 aliphatic carbocycles. The molecule has 0 atom stereocenters. The molecule has 0 aliphatic rings. The Labute approximate surface area is 347 Å². The molecule has 2 heteroatoms. The molecule has 2 nitrogen and oxygen atoms in total. The Hall–Kier alpha value is -7.94. The Kier molecular flexibility index (Phi) is 7.89. The average molecular weight is 761 g/mol. The molecule has 0 fully saturated rings. The van der Waals surface area contributed by atoms with E-state index < -0.39 is 0 Å². The highest BCUT2D eigenvalue weighted by Gasteiger charge is 2.18. The Morgan fingerprint density at radius 2 is 0.717 bits per heavy atom. The van der Waals surface area contributed by atoms with Crippen LogP contribution in [0.2, 0.25) is 0 Å². The van der Waals surface area contributed by atoms with Gasteiger partial charge in [-0.1, -0.05) is 206 Å². The van der Waals surface area contributed by atoms with Crippen LogP contribution in [-0.4, -0.2) is 9.97 Å². The van der Waals surface area contributed by atoms with Gasteiger partial charge in [0.1, 0.15) is 0 Å². The van der Waals surface area contributed by atoms with Crippen LogP contribution in [0.5, 0.6) is 0 Å². The number of rotatable bonds is 5. The first kappa shape index (κ1) is 34.1. The number of hydrogen-bond donors (Lipinski definition) is 0. The summed E-state index contributed by atoms with van der Waals surface area (Å²) in [4.78, 5) is 10.4. The molecule has 0 unspecified atom stereocenters. The number of benzene rings is 10. The van der Waals surface area contributed by atoms with Gasteiger partial charge in [0.2, 0.25) is 0 Å². The maximum absolute atomic E-state index is 5.32. The molecule has 0 saturated carbocycles. The molecule has 1 heterocycles. The van der Waals surface area contributed by atoms with Gasteiger partial charge in [-0.2, -0.15) is 0 Å². The van der Waals surface area contributed by atoms with Crippen molar-refractivity contribution < 1.29 is 0 Å². The summed E-state index contributed by atoms with van der Waals surface area (Å²) in [7, 11) is 0. The topological polar surface area (TPSA) is 25.8 Å². The van der Waals surface area contributed by atoms with E-state index in [-0.39, 0.29) is 0 Å². The van der Waals surface area contributed by atoms with Gasteiger partial charge >= 0.3 is 0 Å². The van der Waals surface area contributed by atoms with E-state index in [0.717, 1.165) is 39.2 Å². The lowest BCUT2D eigenvalue weighted by atomic mass is 9.86. The van der Waals surface area contributed by atoms with Gasteiger partial charge in [-0.3, -0.25) is 4.98 Å². The second kappa shape index (κ2) is 13.9. The third-order valence-electron chi connectivity index (χ3n) is 12.3. The van der Waals surface area contributed by atoms with E-state index in [0.29, 0.717) is 0 Å². The largest absolute Gasteiger partial charge is 0.252 e. The fraction of sp³-hybridized carbons (Fsp3) is 0. The SMILES string of the molecule is c1ccc(-c2ncc(-c3ccc(-c4ccc(-c5cc6cccc7c8ccccc8c8ccccc8c8cccc5c8c67)cc4)c4ccccc34)nc2-c2ccccc2)cc1. The molecule has 12 rings (SSSR count). The molecule has 1 aromatic heterocycles. The molecule has 12 aromatic rings. The molecule has 0 bridgehead atoms. The molecule has 0 amide bonds. The molecule has 278 valence electrons. The minimum atomic E-state index is 0.850. The van der Waals surface area contributed by atoms with Crippen LogP contribution in [0, 0.1) is 0 Å². The number of nitrogens with zero attached hydrogens (tertiary/aromatic N) is 2. The Bertz CT molecular complexity index is 3630. The monoisotopic (exact) mass is 760 g/mol. The molecule has 0 N–H and O–H groups in total. The van der Waals surface area contributed by atoms with Gasteiger partial charge in [0, 0.05) is 16.7 Å². The van der Waals surface area contributed by atoms with Crippen molar-refractivity contribution in [1.29, 1.82) is 0 Å². The standard InChI is InChI=1S/C58H36N2/c1-3-15-39(16-4-1)57-58(40-17-5-2-6-18-40)60-54(36-59-57)49-34-33-42(43-20-7-10-23-46(43)49)37-29-31-38(32-30-37)53-35-41-19-13-26-50-47-24-11-8-21-44(47)45-22-9-12-25-48(45)51-27-14-28-52(53)56(51)55(41)50/h1-36H. The number of fused-ring (bicyclic) bond motifs is 6. The van der Waals surface area contributed by atoms with Crippen LogP contribution in [-0.2, 0) is 0 Å². The highest BCUT2D eigenvalue weighted by atomic mass is 14.8. The van der Waals surface area contributed by atoms with Crippen molar-refractivity contribution in [2.45, 2.75) is 0 Å². The summed E-state index contributed by atoms with van der Waals surface area (Å²) < 4.78 is 0. The minimum absolute atomic E-state index is 0.850. The zero-order chi connectivity index (χ0) is 39.6. The molecule has 11 aromatic carbocycles. The van der Waals surface area contributed by atoms with E-state index in [2.05, 4.69) is 188 Å². The van der Waals surface area contributed by atoms with Gasteiger partial charge < -0.3 is 0 Å². The molecule has 0 aliphatic heterocycles. The van der Waals surface area contributed by atoms with Crippen LogP contribution in [0.1, 0.15) is 0 Å². The lowest BCUT2D eigenvalue weighted by Gasteiger charge is -2.17. The minimum Gasteiger partial charge on any atom is -0.252 e. The normalized spacial score (nSPS) is 11.7. The van der Waals surface area contributed by atoms with E-state index in [4.69, 9.17) is 9.97 Å². The Morgan fingerprint density at radius 3 is 1.35 bits per heavy atom. The fourth-order valence-electron chi connectivity index (χ4n) is 9.57. The van der Waals surface area contributed by atoms with Crippen molar-refractivity contribution in [3.8, 4) is 56.0 Å². The van der Waals surface area contributed by atoms with Gasteiger partial charge in [-0.05, 0) is 93.0 Å². The molecule has 0 radical (unpaired) electrons. The first-order valence-electron chi connectivity index (χ1n) is 20.6. The maximum atomic E-state index is 5.32. The second-order valence-corrected chi connectivity index (χ2v) is 15.6. The van der Waals surface area contributed by atoms with Crippen LogP contribution in [0.15, 0.2) is 219 Å². The first-order chi connectivity index (χ1) is 29.8. The molecule has 60 heavy (non-hydrogen) atoms. The van der Waals surface area contributed by atoms with Crippen LogP contribution in [0.4, 0.5) is 0 Å². The lowest BCUT2D eigenvalue weighted by molar-refractivity contribution is 1.21. The number of aromatic nitrogens is 2. The predicted molar refractivity (Wildman–Crippen MR) is 254 cm³/mol. The fourth-order valence-corrected chi connectivity index (χ4v) is 9.57. The van der Waals surface area contributed by atoms with E-state index in [9.17, 15) is 0 Å². The lowest BCUT2D eigenvalue weighted by Crippen LogP contribution is -1.97. The summed E-state index contributed by atoms with van der Waals surface area (Å²) in [5.74, 6) is 0. The van der Waals surface area contributed by atoms with Gasteiger partial charge in [0.15, 0.2) is 0 Å². The zero-order valence-electron chi connectivity index (χ0n) is 32.7. The third-order valence-corrected chi connectivity index (χ3v) is 12.3. The number of hydrogen-bond acceptors (Lipinski definition) is 2. The predicted octanol–water partition coefficient (Wildman–Crippen LogP) is 15.7. The van der Waals surface area contributed by atoms with E-state index >= 15 is 0 Å². The quantitative estimate of drug-likeness (QED) is 0.163. The van der Waals surface area contributed by atoms with E-state index in [1.807, 2.05) is 30.5 Å². The molecule has 0 saturated heterocycles. The van der Waals surface area contributed by atoms with Crippen molar-refractivity contribution >= 4 is 64.6 Å². The summed E-state index contributed by atoms with van der Waals surface area (Å²) in [6.45, 7) is 0. The average Bonchev–Trinajstić information content (AvgIpc) is 3.33. The van der Waals surface area contributed by atoms with E-state index in [1.165, 1.54) is 81.5 Å².